The Bertz CT molecular complexity index is 238. The molecule has 2 rings (SSSR count). The molecule has 2 aliphatic rings. The van der Waals surface area contributed by atoms with Gasteiger partial charge in [-0.25, -0.2) is 0 Å². The molecule has 2 aliphatic heterocycles. The molecule has 0 radical (unpaired) electrons. The lowest BCUT2D eigenvalue weighted by Gasteiger charge is -2.21. The topological polar surface area (TPSA) is 23.6 Å². The molecule has 2 saturated heterocycles. The minimum absolute atomic E-state index is 0.250. The molecule has 0 saturated carbocycles. The van der Waals surface area contributed by atoms with Crippen LogP contribution in [0.5, 0.6) is 0 Å². The second-order valence-electron chi connectivity index (χ2n) is 5.56. The minimum atomic E-state index is 0.250. The summed E-state index contributed by atoms with van der Waals surface area (Å²) in [5, 5.41) is 0. The molecule has 0 aromatic rings. The summed E-state index contributed by atoms with van der Waals surface area (Å²) in [5.41, 5.74) is 0. The van der Waals surface area contributed by atoms with Gasteiger partial charge in [0.25, 0.3) is 0 Å². The quantitative estimate of drug-likeness (QED) is 0.680. The van der Waals surface area contributed by atoms with Crippen molar-refractivity contribution in [1.82, 2.24) is 9.80 Å². The molecule has 2 fully saturated rings. The van der Waals surface area contributed by atoms with E-state index in [-0.39, 0.29) is 5.91 Å². The number of fused-ring (bicyclic) bond motifs is 1. The van der Waals surface area contributed by atoms with Gasteiger partial charge in [0.2, 0.25) is 5.91 Å². The van der Waals surface area contributed by atoms with E-state index < -0.39 is 0 Å². The van der Waals surface area contributed by atoms with E-state index in [0.29, 0.717) is 0 Å². The lowest BCUT2D eigenvalue weighted by molar-refractivity contribution is -0.128. The van der Waals surface area contributed by atoms with Crippen molar-refractivity contribution in [2.45, 2.75) is 20.8 Å². The number of carbonyl (C=O) groups is 1. The van der Waals surface area contributed by atoms with Crippen molar-refractivity contribution in [2.24, 2.45) is 17.8 Å². The van der Waals surface area contributed by atoms with Crippen LogP contribution < -0.4 is 0 Å². The van der Waals surface area contributed by atoms with Crippen molar-refractivity contribution in [2.75, 3.05) is 32.7 Å². The lowest BCUT2D eigenvalue weighted by Crippen LogP contribution is -2.33. The Labute approximate surface area is 92.4 Å². The van der Waals surface area contributed by atoms with Crippen LogP contribution in [0.3, 0.4) is 0 Å². The summed E-state index contributed by atoms with van der Waals surface area (Å²) in [6.45, 7) is 11.8. The zero-order chi connectivity index (χ0) is 11.0. The smallest absolute Gasteiger partial charge is 0.219 e. The third kappa shape index (κ3) is 2.33. The Morgan fingerprint density at radius 3 is 2.13 bits per heavy atom. The molecule has 3 heteroatoms. The zero-order valence-corrected chi connectivity index (χ0v) is 10.1. The highest BCUT2D eigenvalue weighted by atomic mass is 16.2. The highest BCUT2D eigenvalue weighted by molar-refractivity contribution is 5.73. The van der Waals surface area contributed by atoms with Gasteiger partial charge in [0.05, 0.1) is 0 Å². The molecule has 1 amide bonds. The Morgan fingerprint density at radius 2 is 1.73 bits per heavy atom. The van der Waals surface area contributed by atoms with Crippen LogP contribution in [0.1, 0.15) is 20.8 Å². The Kier molecular flexibility index (Phi) is 3.01. The predicted molar refractivity (Wildman–Crippen MR) is 60.5 cm³/mol. The summed E-state index contributed by atoms with van der Waals surface area (Å²) in [5.74, 6) is 2.49. The largest absolute Gasteiger partial charge is 0.342 e. The monoisotopic (exact) mass is 210 g/mol. The van der Waals surface area contributed by atoms with Gasteiger partial charge < -0.3 is 9.80 Å². The van der Waals surface area contributed by atoms with Gasteiger partial charge >= 0.3 is 0 Å². The average molecular weight is 210 g/mol. The van der Waals surface area contributed by atoms with Gasteiger partial charge in [0, 0.05) is 39.6 Å². The van der Waals surface area contributed by atoms with E-state index in [1.165, 1.54) is 19.6 Å². The SMILES string of the molecule is CC(=O)N1CC2CN(CC(C)C)C[C@H]2C1. The maximum atomic E-state index is 11.2. The molecule has 2 atom stereocenters. The fourth-order valence-corrected chi connectivity index (χ4v) is 3.01. The number of amides is 1. The van der Waals surface area contributed by atoms with E-state index in [9.17, 15) is 4.79 Å². The van der Waals surface area contributed by atoms with E-state index in [2.05, 4.69) is 18.7 Å². The summed E-state index contributed by atoms with van der Waals surface area (Å²) in [6.07, 6.45) is 0. The highest BCUT2D eigenvalue weighted by Crippen LogP contribution is 2.31. The van der Waals surface area contributed by atoms with Crippen LogP contribution in [0.25, 0.3) is 0 Å². The predicted octanol–water partition coefficient (Wildman–Crippen LogP) is 1.05. The molecule has 0 bridgehead atoms. The van der Waals surface area contributed by atoms with Gasteiger partial charge in [0.15, 0.2) is 0 Å². The van der Waals surface area contributed by atoms with Crippen molar-refractivity contribution in [3.8, 4) is 0 Å². The molecule has 0 aromatic carbocycles. The van der Waals surface area contributed by atoms with E-state index in [1.54, 1.807) is 6.92 Å². The first-order chi connectivity index (χ1) is 7.06. The first-order valence-corrected chi connectivity index (χ1v) is 6.04. The van der Waals surface area contributed by atoms with Crippen molar-refractivity contribution in [1.29, 1.82) is 0 Å². The number of carbonyl (C=O) groups excluding carboxylic acids is 1. The summed E-state index contributed by atoms with van der Waals surface area (Å²) in [7, 11) is 0. The van der Waals surface area contributed by atoms with Crippen molar-refractivity contribution in [3.63, 3.8) is 0 Å². The van der Waals surface area contributed by atoms with Crippen molar-refractivity contribution in [3.05, 3.63) is 0 Å². The number of likely N-dealkylation sites (tertiary alicyclic amines) is 2. The van der Waals surface area contributed by atoms with Gasteiger partial charge in [-0.05, 0) is 17.8 Å². The van der Waals surface area contributed by atoms with Gasteiger partial charge in [-0.1, -0.05) is 13.8 Å². The summed E-state index contributed by atoms with van der Waals surface area (Å²) in [6, 6.07) is 0. The second kappa shape index (κ2) is 4.12. The Hall–Kier alpha value is -0.570. The molecule has 15 heavy (non-hydrogen) atoms. The second-order valence-corrected chi connectivity index (χ2v) is 5.56. The van der Waals surface area contributed by atoms with E-state index in [0.717, 1.165) is 30.8 Å². The van der Waals surface area contributed by atoms with E-state index in [1.807, 2.05) is 4.90 Å². The fraction of sp³-hybridized carbons (Fsp3) is 0.917. The summed E-state index contributed by atoms with van der Waals surface area (Å²) < 4.78 is 0. The summed E-state index contributed by atoms with van der Waals surface area (Å²) >= 11 is 0. The van der Waals surface area contributed by atoms with E-state index >= 15 is 0 Å². The molecule has 86 valence electrons. The van der Waals surface area contributed by atoms with Gasteiger partial charge in [0.1, 0.15) is 0 Å². The van der Waals surface area contributed by atoms with Crippen molar-refractivity contribution < 1.29 is 4.79 Å². The average Bonchev–Trinajstić information content (AvgIpc) is 2.58. The highest BCUT2D eigenvalue weighted by Gasteiger charge is 2.40. The normalized spacial score (nSPS) is 31.3. The number of hydrogen-bond donors (Lipinski definition) is 0. The number of hydrogen-bond acceptors (Lipinski definition) is 2. The third-order valence-corrected chi connectivity index (χ3v) is 3.63. The molecular weight excluding hydrogens is 188 g/mol. The third-order valence-electron chi connectivity index (χ3n) is 3.63. The first kappa shape index (κ1) is 10.9. The lowest BCUT2D eigenvalue weighted by atomic mass is 10.0. The fourth-order valence-electron chi connectivity index (χ4n) is 3.01. The molecule has 2 heterocycles. The standard InChI is InChI=1S/C12H22N2O/c1-9(2)4-13-5-11-7-14(10(3)15)8-12(11)6-13/h9,11-12H,4-8H2,1-3H3/t11-,12?/m0/s1. The van der Waals surface area contributed by atoms with Crippen LogP contribution in [-0.4, -0.2) is 48.4 Å². The van der Waals surface area contributed by atoms with Crippen LogP contribution in [0, 0.1) is 17.8 Å². The minimum Gasteiger partial charge on any atom is -0.342 e. The number of nitrogens with zero attached hydrogens (tertiary/aromatic N) is 2. The molecule has 0 N–H and O–H groups in total. The van der Waals surface area contributed by atoms with Gasteiger partial charge in [-0.2, -0.15) is 0 Å². The molecule has 0 spiro atoms. The molecule has 0 aliphatic carbocycles. The Balaban J connectivity index is 1.85. The van der Waals surface area contributed by atoms with E-state index in [4.69, 9.17) is 0 Å². The summed E-state index contributed by atoms with van der Waals surface area (Å²) in [4.78, 5) is 15.8. The van der Waals surface area contributed by atoms with Crippen molar-refractivity contribution >= 4 is 5.91 Å². The Morgan fingerprint density at radius 1 is 1.20 bits per heavy atom. The first-order valence-electron chi connectivity index (χ1n) is 6.04. The molecular formula is C12H22N2O. The van der Waals surface area contributed by atoms with Gasteiger partial charge in [-0.3, -0.25) is 4.79 Å². The van der Waals surface area contributed by atoms with Gasteiger partial charge in [-0.15, -0.1) is 0 Å². The van der Waals surface area contributed by atoms with Crippen LogP contribution in [0.4, 0.5) is 0 Å². The molecule has 0 aromatic heterocycles. The van der Waals surface area contributed by atoms with Crippen LogP contribution in [0.2, 0.25) is 0 Å². The maximum Gasteiger partial charge on any atom is 0.219 e. The molecule has 1 unspecified atom stereocenters. The van der Waals surface area contributed by atoms with Crippen LogP contribution in [0.15, 0.2) is 0 Å². The van der Waals surface area contributed by atoms with Crippen LogP contribution in [-0.2, 0) is 4.79 Å². The van der Waals surface area contributed by atoms with Crippen LogP contribution >= 0.6 is 0 Å². The maximum absolute atomic E-state index is 11.2. The molecule has 3 nitrogen and oxygen atoms in total. The number of rotatable bonds is 2. The zero-order valence-electron chi connectivity index (χ0n) is 10.1.